The van der Waals surface area contributed by atoms with E-state index in [9.17, 15) is 4.79 Å². The first-order valence-corrected chi connectivity index (χ1v) is 6.97. The number of hydrogen-bond donors (Lipinski definition) is 1. The van der Waals surface area contributed by atoms with E-state index in [1.165, 1.54) is 0 Å². The molecule has 0 fully saturated rings. The van der Waals surface area contributed by atoms with Crippen LogP contribution in [0.2, 0.25) is 0 Å². The lowest BCUT2D eigenvalue weighted by molar-refractivity contribution is -0.139. The van der Waals surface area contributed by atoms with E-state index in [4.69, 9.17) is 10.5 Å². The monoisotopic (exact) mass is 279 g/mol. The maximum absolute atomic E-state index is 12.0. The minimum absolute atomic E-state index is 0.248. The van der Waals surface area contributed by atoms with Gasteiger partial charge in [-0.25, -0.2) is 4.79 Å². The van der Waals surface area contributed by atoms with Crippen LogP contribution in [0.15, 0.2) is 60.2 Å². The SMILES string of the molecule is CC1=C(c2ccc(CN)cc2)C(c2ccccc2)OC1=O. The zero-order valence-electron chi connectivity index (χ0n) is 11.9. The number of rotatable bonds is 3. The van der Waals surface area contributed by atoms with Crippen molar-refractivity contribution < 1.29 is 9.53 Å². The summed E-state index contributed by atoms with van der Waals surface area (Å²) in [6, 6.07) is 17.8. The zero-order valence-corrected chi connectivity index (χ0v) is 11.9. The van der Waals surface area contributed by atoms with Gasteiger partial charge < -0.3 is 10.5 Å². The number of nitrogens with two attached hydrogens (primary N) is 1. The maximum Gasteiger partial charge on any atom is 0.335 e. The Balaban J connectivity index is 2.05. The lowest BCUT2D eigenvalue weighted by Gasteiger charge is -2.15. The van der Waals surface area contributed by atoms with Crippen LogP contribution in [0.3, 0.4) is 0 Å². The van der Waals surface area contributed by atoms with Crippen LogP contribution in [0.25, 0.3) is 5.57 Å². The predicted molar refractivity (Wildman–Crippen MR) is 82.2 cm³/mol. The molecule has 3 nitrogen and oxygen atoms in total. The molecule has 106 valence electrons. The molecule has 0 bridgehead atoms. The lowest BCUT2D eigenvalue weighted by atomic mass is 9.93. The van der Waals surface area contributed by atoms with Gasteiger partial charge in [-0.15, -0.1) is 0 Å². The zero-order chi connectivity index (χ0) is 14.8. The van der Waals surface area contributed by atoms with Crippen LogP contribution in [-0.2, 0) is 16.1 Å². The number of benzene rings is 2. The molecule has 3 rings (SSSR count). The normalized spacial score (nSPS) is 18.0. The largest absolute Gasteiger partial charge is 0.449 e. The van der Waals surface area contributed by atoms with Gasteiger partial charge in [0.25, 0.3) is 0 Å². The molecule has 0 aromatic heterocycles. The molecule has 0 aliphatic carbocycles. The summed E-state index contributed by atoms with van der Waals surface area (Å²) in [4.78, 5) is 12.0. The molecule has 1 heterocycles. The molecule has 0 amide bonds. The average Bonchev–Trinajstić information content (AvgIpc) is 2.84. The van der Waals surface area contributed by atoms with E-state index in [-0.39, 0.29) is 12.1 Å². The Bertz CT molecular complexity index is 687. The van der Waals surface area contributed by atoms with E-state index in [2.05, 4.69) is 0 Å². The Hall–Kier alpha value is -2.39. The molecule has 21 heavy (non-hydrogen) atoms. The molecule has 1 unspecified atom stereocenters. The summed E-state index contributed by atoms with van der Waals surface area (Å²) in [6.07, 6.45) is -0.331. The molecule has 2 aromatic rings. The van der Waals surface area contributed by atoms with Gasteiger partial charge in [-0.2, -0.15) is 0 Å². The third-order valence-electron chi connectivity index (χ3n) is 3.80. The fourth-order valence-electron chi connectivity index (χ4n) is 2.61. The van der Waals surface area contributed by atoms with Crippen molar-refractivity contribution in [3.8, 4) is 0 Å². The number of carbonyl (C=O) groups is 1. The van der Waals surface area contributed by atoms with Gasteiger partial charge in [-0.1, -0.05) is 54.6 Å². The maximum atomic E-state index is 12.0. The van der Waals surface area contributed by atoms with E-state index in [0.717, 1.165) is 22.3 Å². The van der Waals surface area contributed by atoms with Crippen molar-refractivity contribution >= 4 is 11.5 Å². The van der Waals surface area contributed by atoms with E-state index in [1.807, 2.05) is 61.5 Å². The number of carbonyl (C=O) groups excluding carboxylic acids is 1. The third-order valence-corrected chi connectivity index (χ3v) is 3.80. The lowest BCUT2D eigenvalue weighted by Crippen LogP contribution is -2.03. The summed E-state index contributed by atoms with van der Waals surface area (Å²) in [5, 5.41) is 0. The molecular weight excluding hydrogens is 262 g/mol. The van der Waals surface area contributed by atoms with Crippen LogP contribution in [0, 0.1) is 0 Å². The van der Waals surface area contributed by atoms with Crippen LogP contribution in [0.4, 0.5) is 0 Å². The molecule has 0 radical (unpaired) electrons. The standard InChI is InChI=1S/C18H17NO2/c1-12-16(14-9-7-13(11-19)8-10-14)17(21-18(12)20)15-5-3-2-4-6-15/h2-10,17H,11,19H2,1H3. The van der Waals surface area contributed by atoms with Crippen molar-refractivity contribution in [1.82, 2.24) is 0 Å². The minimum Gasteiger partial charge on any atom is -0.449 e. The van der Waals surface area contributed by atoms with Gasteiger partial charge in [0, 0.05) is 17.7 Å². The Morgan fingerprint density at radius 1 is 1.05 bits per heavy atom. The van der Waals surface area contributed by atoms with Crippen LogP contribution in [0.1, 0.15) is 29.7 Å². The van der Waals surface area contributed by atoms with Crippen LogP contribution >= 0.6 is 0 Å². The average molecular weight is 279 g/mol. The molecule has 0 saturated heterocycles. The molecule has 1 aliphatic rings. The highest BCUT2D eigenvalue weighted by molar-refractivity contribution is 6.02. The van der Waals surface area contributed by atoms with Gasteiger partial charge in [-0.3, -0.25) is 0 Å². The second kappa shape index (κ2) is 5.54. The Labute approximate surface area is 124 Å². The fraction of sp³-hybridized carbons (Fsp3) is 0.167. The number of esters is 1. The summed E-state index contributed by atoms with van der Waals surface area (Å²) in [5.41, 5.74) is 10.3. The quantitative estimate of drug-likeness (QED) is 0.878. The van der Waals surface area contributed by atoms with Crippen molar-refractivity contribution in [2.45, 2.75) is 19.6 Å². The summed E-state index contributed by atoms with van der Waals surface area (Å²) in [7, 11) is 0. The molecule has 0 spiro atoms. The summed E-state index contributed by atoms with van der Waals surface area (Å²) >= 11 is 0. The summed E-state index contributed by atoms with van der Waals surface area (Å²) in [6.45, 7) is 2.33. The van der Waals surface area contributed by atoms with Gasteiger partial charge >= 0.3 is 5.97 Å². The van der Waals surface area contributed by atoms with Crippen molar-refractivity contribution in [3.63, 3.8) is 0 Å². The number of ether oxygens (including phenoxy) is 1. The van der Waals surface area contributed by atoms with Crippen LogP contribution in [0.5, 0.6) is 0 Å². The number of cyclic esters (lactones) is 1. The highest BCUT2D eigenvalue weighted by atomic mass is 16.5. The van der Waals surface area contributed by atoms with Crippen molar-refractivity contribution in [3.05, 3.63) is 76.9 Å². The Morgan fingerprint density at radius 2 is 1.71 bits per heavy atom. The van der Waals surface area contributed by atoms with Gasteiger partial charge in [0.05, 0.1) is 0 Å². The molecule has 1 atom stereocenters. The first-order valence-electron chi connectivity index (χ1n) is 6.97. The van der Waals surface area contributed by atoms with Crippen LogP contribution in [-0.4, -0.2) is 5.97 Å². The summed E-state index contributed by atoms with van der Waals surface area (Å²) < 4.78 is 5.55. The molecule has 3 heteroatoms. The van der Waals surface area contributed by atoms with Crippen molar-refractivity contribution in [2.24, 2.45) is 5.73 Å². The molecule has 0 saturated carbocycles. The third kappa shape index (κ3) is 2.48. The highest BCUT2D eigenvalue weighted by Gasteiger charge is 2.33. The fourth-order valence-corrected chi connectivity index (χ4v) is 2.61. The first kappa shape index (κ1) is 13.6. The van der Waals surface area contributed by atoms with E-state index in [0.29, 0.717) is 12.1 Å². The van der Waals surface area contributed by atoms with Gasteiger partial charge in [0.1, 0.15) is 0 Å². The second-order valence-corrected chi connectivity index (χ2v) is 5.14. The van der Waals surface area contributed by atoms with E-state index >= 15 is 0 Å². The van der Waals surface area contributed by atoms with Gasteiger partial charge in [0.2, 0.25) is 0 Å². The smallest absolute Gasteiger partial charge is 0.335 e. The van der Waals surface area contributed by atoms with Crippen LogP contribution < -0.4 is 5.73 Å². The molecule has 2 aromatic carbocycles. The Morgan fingerprint density at radius 3 is 2.33 bits per heavy atom. The Kier molecular flexibility index (Phi) is 3.59. The molecular formula is C18H17NO2. The summed E-state index contributed by atoms with van der Waals surface area (Å²) in [5.74, 6) is -0.248. The van der Waals surface area contributed by atoms with E-state index < -0.39 is 0 Å². The van der Waals surface area contributed by atoms with Gasteiger partial charge in [0.15, 0.2) is 6.10 Å². The predicted octanol–water partition coefficient (Wildman–Crippen LogP) is 3.22. The molecule has 2 N–H and O–H groups in total. The minimum atomic E-state index is -0.331. The second-order valence-electron chi connectivity index (χ2n) is 5.14. The van der Waals surface area contributed by atoms with Crippen molar-refractivity contribution in [1.29, 1.82) is 0 Å². The first-order chi connectivity index (χ1) is 10.2. The van der Waals surface area contributed by atoms with Gasteiger partial charge in [-0.05, 0) is 23.6 Å². The number of hydrogen-bond acceptors (Lipinski definition) is 3. The molecule has 1 aliphatic heterocycles. The topological polar surface area (TPSA) is 52.3 Å². The highest BCUT2D eigenvalue weighted by Crippen LogP contribution is 2.41. The van der Waals surface area contributed by atoms with E-state index in [1.54, 1.807) is 0 Å². The van der Waals surface area contributed by atoms with Crippen molar-refractivity contribution in [2.75, 3.05) is 0 Å².